The Bertz CT molecular complexity index is 598. The Hall–Kier alpha value is -2.44. The minimum atomic E-state index is -1.30. The molecule has 6 N–H and O–H groups in total. The van der Waals surface area contributed by atoms with Crippen molar-refractivity contribution < 1.29 is 38.6 Å². The molecule has 0 saturated heterocycles. The smallest absolute Gasteiger partial charge is 0.337 e. The van der Waals surface area contributed by atoms with Gasteiger partial charge in [0.2, 0.25) is 5.91 Å². The Morgan fingerprint density at radius 3 is 2.14 bits per heavy atom. The molecule has 0 aromatic rings. The van der Waals surface area contributed by atoms with Gasteiger partial charge in [-0.2, -0.15) is 12.6 Å². The van der Waals surface area contributed by atoms with Gasteiger partial charge >= 0.3 is 23.9 Å². The molecule has 0 heterocycles. The highest BCUT2D eigenvalue weighted by Crippen LogP contribution is 2.03. The second-order valence-corrected chi connectivity index (χ2v) is 6.01. The van der Waals surface area contributed by atoms with E-state index in [-0.39, 0.29) is 38.0 Å². The monoisotopic (exact) mass is 419 g/mol. The molecule has 3 atom stereocenters. The molecule has 0 aliphatic carbocycles. The number of ether oxygens (including phenoxy) is 2. The molecule has 0 saturated carbocycles. The van der Waals surface area contributed by atoms with Gasteiger partial charge in [0.25, 0.3) is 0 Å². The predicted octanol–water partition coefficient (Wildman–Crippen LogP) is -1.50. The van der Waals surface area contributed by atoms with Crippen LogP contribution in [0.4, 0.5) is 0 Å². The molecular formula is C16H25N3O8S. The molecule has 28 heavy (non-hydrogen) atoms. The highest BCUT2D eigenvalue weighted by molar-refractivity contribution is 7.80. The number of nitrogens with one attached hydrogen (secondary N) is 1. The van der Waals surface area contributed by atoms with Crippen LogP contribution < -0.4 is 16.8 Å². The lowest BCUT2D eigenvalue weighted by Crippen LogP contribution is -2.46. The number of carboxylic acid groups (broad SMARTS) is 1. The Labute approximate surface area is 167 Å². The fourth-order valence-corrected chi connectivity index (χ4v) is 1.98. The predicted molar refractivity (Wildman–Crippen MR) is 100 cm³/mol. The summed E-state index contributed by atoms with van der Waals surface area (Å²) in [6.07, 6.45) is 0.573. The van der Waals surface area contributed by atoms with Crippen molar-refractivity contribution in [3.63, 3.8) is 0 Å². The molecule has 0 aromatic heterocycles. The lowest BCUT2D eigenvalue weighted by Gasteiger charge is -2.17. The van der Waals surface area contributed by atoms with Crippen molar-refractivity contribution in [1.29, 1.82) is 0 Å². The number of carbonyl (C=O) groups excluding carboxylic acids is 4. The van der Waals surface area contributed by atoms with E-state index >= 15 is 0 Å². The zero-order chi connectivity index (χ0) is 21.7. The maximum Gasteiger partial charge on any atom is 0.337 e. The zero-order valence-electron chi connectivity index (χ0n) is 15.2. The number of thiol groups is 1. The van der Waals surface area contributed by atoms with Gasteiger partial charge in [-0.1, -0.05) is 12.7 Å². The Morgan fingerprint density at radius 1 is 1.04 bits per heavy atom. The normalized spacial score (nSPS) is 13.5. The van der Waals surface area contributed by atoms with Crippen LogP contribution in [0.15, 0.2) is 12.7 Å². The van der Waals surface area contributed by atoms with E-state index in [0.29, 0.717) is 0 Å². The minimum Gasteiger partial charge on any atom is -0.481 e. The number of esters is 3. The maximum atomic E-state index is 11.9. The van der Waals surface area contributed by atoms with Crippen LogP contribution in [0.2, 0.25) is 0 Å². The SMILES string of the molecule is C=CCOC(=O)[C@@H](N)CCC(=O)N[C@@H](CS)C(=O)OC(=O)[C@@H](N)CCC(=O)O. The lowest BCUT2D eigenvalue weighted by atomic mass is 10.1. The van der Waals surface area contributed by atoms with Crippen molar-refractivity contribution in [3.8, 4) is 0 Å². The summed E-state index contributed by atoms with van der Waals surface area (Å²) in [5, 5.41) is 10.8. The second kappa shape index (κ2) is 13.7. The van der Waals surface area contributed by atoms with E-state index in [2.05, 4.69) is 29.3 Å². The van der Waals surface area contributed by atoms with Gasteiger partial charge in [-0.05, 0) is 12.8 Å². The standard InChI is InChI=1S/C16H25N3O8S/c1-2-7-26-14(23)9(17)3-5-12(20)19-11(8-28)16(25)27-15(24)10(18)4-6-13(21)22/h2,9-11,28H,1,3-8,17-18H2,(H,19,20)(H,21,22)/t9-,10-,11-/m0/s1. The number of carbonyl (C=O) groups is 5. The van der Waals surface area contributed by atoms with Crippen LogP contribution in [0, 0.1) is 0 Å². The van der Waals surface area contributed by atoms with E-state index in [0.717, 1.165) is 0 Å². The van der Waals surface area contributed by atoms with E-state index in [1.54, 1.807) is 0 Å². The Morgan fingerprint density at radius 2 is 1.61 bits per heavy atom. The molecule has 11 nitrogen and oxygen atoms in total. The van der Waals surface area contributed by atoms with Crippen molar-refractivity contribution in [2.24, 2.45) is 11.5 Å². The van der Waals surface area contributed by atoms with Crippen molar-refractivity contribution in [2.75, 3.05) is 12.4 Å². The van der Waals surface area contributed by atoms with Gasteiger partial charge in [-0.3, -0.25) is 14.4 Å². The summed E-state index contributed by atoms with van der Waals surface area (Å²) in [5.41, 5.74) is 11.0. The summed E-state index contributed by atoms with van der Waals surface area (Å²) < 4.78 is 9.28. The van der Waals surface area contributed by atoms with Gasteiger partial charge in [0.15, 0.2) is 0 Å². The molecule has 0 unspecified atom stereocenters. The van der Waals surface area contributed by atoms with Crippen LogP contribution in [0.25, 0.3) is 0 Å². The molecular weight excluding hydrogens is 394 g/mol. The molecule has 0 bridgehead atoms. The molecule has 0 fully saturated rings. The topological polar surface area (TPSA) is 188 Å². The molecule has 1 amide bonds. The number of hydrogen-bond acceptors (Lipinski definition) is 10. The largest absolute Gasteiger partial charge is 0.481 e. The first-order chi connectivity index (χ1) is 13.1. The van der Waals surface area contributed by atoms with Crippen molar-refractivity contribution in [1.82, 2.24) is 5.32 Å². The molecule has 0 aliphatic rings. The van der Waals surface area contributed by atoms with E-state index in [1.165, 1.54) is 6.08 Å². The average molecular weight is 419 g/mol. The first-order valence-corrected chi connectivity index (χ1v) is 8.91. The first-order valence-electron chi connectivity index (χ1n) is 8.28. The molecule has 12 heteroatoms. The van der Waals surface area contributed by atoms with Crippen LogP contribution >= 0.6 is 12.6 Å². The van der Waals surface area contributed by atoms with Gasteiger partial charge in [0, 0.05) is 18.6 Å². The summed E-state index contributed by atoms with van der Waals surface area (Å²) in [6.45, 7) is 3.38. The fraction of sp³-hybridized carbons (Fsp3) is 0.562. The number of rotatable bonds is 13. The third-order valence-electron chi connectivity index (χ3n) is 3.30. The van der Waals surface area contributed by atoms with E-state index in [1.807, 2.05) is 0 Å². The van der Waals surface area contributed by atoms with E-state index in [4.69, 9.17) is 21.3 Å². The summed E-state index contributed by atoms with van der Waals surface area (Å²) in [7, 11) is 0. The van der Waals surface area contributed by atoms with Gasteiger partial charge in [0.1, 0.15) is 24.7 Å². The molecule has 0 spiro atoms. The minimum absolute atomic E-state index is 0.00503. The summed E-state index contributed by atoms with van der Waals surface area (Å²) in [5.74, 6) is -4.84. The number of aliphatic carboxylic acids is 1. The van der Waals surface area contributed by atoms with E-state index in [9.17, 15) is 24.0 Å². The van der Waals surface area contributed by atoms with Crippen LogP contribution in [0.3, 0.4) is 0 Å². The van der Waals surface area contributed by atoms with Gasteiger partial charge in [-0.15, -0.1) is 0 Å². The average Bonchev–Trinajstić information content (AvgIpc) is 2.65. The number of carboxylic acids is 1. The molecule has 0 radical (unpaired) electrons. The molecule has 0 aromatic carbocycles. The molecule has 0 rings (SSSR count). The van der Waals surface area contributed by atoms with Gasteiger partial charge in [-0.25, -0.2) is 9.59 Å². The highest BCUT2D eigenvalue weighted by atomic mass is 32.1. The maximum absolute atomic E-state index is 11.9. The summed E-state index contributed by atoms with van der Waals surface area (Å²) >= 11 is 3.91. The number of nitrogens with two attached hydrogens (primary N) is 2. The van der Waals surface area contributed by atoms with Gasteiger partial charge < -0.3 is 31.4 Å². The fourth-order valence-electron chi connectivity index (χ4n) is 1.74. The highest BCUT2D eigenvalue weighted by Gasteiger charge is 2.27. The van der Waals surface area contributed by atoms with Crippen molar-refractivity contribution >= 4 is 42.4 Å². The van der Waals surface area contributed by atoms with Crippen LogP contribution in [-0.2, 0) is 33.4 Å². The lowest BCUT2D eigenvalue weighted by molar-refractivity contribution is -0.162. The number of hydrogen-bond donors (Lipinski definition) is 5. The van der Waals surface area contributed by atoms with Crippen LogP contribution in [0.1, 0.15) is 25.7 Å². The quantitative estimate of drug-likeness (QED) is 0.102. The first kappa shape index (κ1) is 25.6. The van der Waals surface area contributed by atoms with Gasteiger partial charge in [0.05, 0.1) is 0 Å². The number of amides is 1. The van der Waals surface area contributed by atoms with Crippen molar-refractivity contribution in [2.45, 2.75) is 43.8 Å². The second-order valence-electron chi connectivity index (χ2n) is 5.65. The third kappa shape index (κ3) is 10.6. The van der Waals surface area contributed by atoms with Crippen molar-refractivity contribution in [3.05, 3.63) is 12.7 Å². The van der Waals surface area contributed by atoms with Crippen LogP contribution in [0.5, 0.6) is 0 Å². The zero-order valence-corrected chi connectivity index (χ0v) is 16.1. The van der Waals surface area contributed by atoms with Crippen LogP contribution in [-0.4, -0.2) is 65.4 Å². The molecule has 0 aliphatic heterocycles. The van der Waals surface area contributed by atoms with E-state index < -0.39 is 47.9 Å². The Balaban J connectivity index is 4.46. The molecule has 158 valence electrons. The summed E-state index contributed by atoms with van der Waals surface area (Å²) in [6, 6.07) is -3.56. The summed E-state index contributed by atoms with van der Waals surface area (Å²) in [4.78, 5) is 57.5. The Kier molecular flexibility index (Phi) is 12.5. The third-order valence-corrected chi connectivity index (χ3v) is 3.67.